The molecule has 2 atom stereocenters. The van der Waals surface area contributed by atoms with Crippen molar-refractivity contribution < 1.29 is 4.42 Å². The first-order chi connectivity index (χ1) is 8.25. The van der Waals surface area contributed by atoms with Gasteiger partial charge in [0.15, 0.2) is 0 Å². The fraction of sp³-hybridized carbons (Fsp3) is 0.429. The van der Waals surface area contributed by atoms with Gasteiger partial charge < -0.3 is 9.73 Å². The molecule has 1 aliphatic heterocycles. The van der Waals surface area contributed by atoms with Crippen LogP contribution in [0.3, 0.4) is 0 Å². The van der Waals surface area contributed by atoms with Crippen LogP contribution in [0.5, 0.6) is 0 Å². The SMILES string of the molecule is CC1CNCCC1c1cc(Cl)cc2ccoc12.Cl. The standard InChI is InChI=1S/C14H16ClNO.ClH/c1-9-8-16-4-2-12(9)13-7-11(15)6-10-3-5-17-14(10)13;/h3,5-7,9,12,16H,2,4,8H2,1H3;1H. The maximum absolute atomic E-state index is 6.19. The molecule has 0 bridgehead atoms. The molecule has 3 rings (SSSR count). The number of rotatable bonds is 1. The number of fused-ring (bicyclic) bond motifs is 1. The Labute approximate surface area is 118 Å². The molecule has 2 heterocycles. The smallest absolute Gasteiger partial charge is 0.137 e. The monoisotopic (exact) mass is 285 g/mol. The van der Waals surface area contributed by atoms with E-state index in [0.29, 0.717) is 11.8 Å². The van der Waals surface area contributed by atoms with Crippen LogP contribution in [-0.4, -0.2) is 13.1 Å². The fourth-order valence-electron chi connectivity index (χ4n) is 2.82. The van der Waals surface area contributed by atoms with E-state index in [1.165, 1.54) is 5.56 Å². The molecule has 2 unspecified atom stereocenters. The highest BCUT2D eigenvalue weighted by Gasteiger charge is 2.25. The Bertz CT molecular complexity index is 538. The summed E-state index contributed by atoms with van der Waals surface area (Å²) in [6.07, 6.45) is 2.90. The lowest BCUT2D eigenvalue weighted by molar-refractivity contribution is 0.349. The van der Waals surface area contributed by atoms with Crippen LogP contribution in [0.4, 0.5) is 0 Å². The Kier molecular flexibility index (Phi) is 4.21. The molecule has 1 fully saturated rings. The molecule has 1 N–H and O–H groups in total. The van der Waals surface area contributed by atoms with Gasteiger partial charge in [-0.3, -0.25) is 0 Å². The topological polar surface area (TPSA) is 25.2 Å². The highest BCUT2D eigenvalue weighted by Crippen LogP contribution is 2.36. The van der Waals surface area contributed by atoms with Gasteiger partial charge in [-0.15, -0.1) is 12.4 Å². The second kappa shape index (κ2) is 5.52. The number of hydrogen-bond donors (Lipinski definition) is 1. The minimum Gasteiger partial charge on any atom is -0.464 e. The van der Waals surface area contributed by atoms with Gasteiger partial charge in [0.25, 0.3) is 0 Å². The molecule has 98 valence electrons. The van der Waals surface area contributed by atoms with Gasteiger partial charge in [-0.1, -0.05) is 18.5 Å². The van der Waals surface area contributed by atoms with Crippen molar-refractivity contribution in [1.82, 2.24) is 5.32 Å². The Morgan fingerprint density at radius 1 is 1.39 bits per heavy atom. The maximum atomic E-state index is 6.19. The third-order valence-corrected chi connectivity index (χ3v) is 3.95. The van der Waals surface area contributed by atoms with Gasteiger partial charge in [0.1, 0.15) is 5.58 Å². The molecule has 2 aromatic rings. The van der Waals surface area contributed by atoms with E-state index in [1.54, 1.807) is 6.26 Å². The number of halogens is 2. The molecule has 18 heavy (non-hydrogen) atoms. The lowest BCUT2D eigenvalue weighted by atomic mass is 9.82. The van der Waals surface area contributed by atoms with Gasteiger partial charge in [-0.2, -0.15) is 0 Å². The Hall–Kier alpha value is -0.700. The van der Waals surface area contributed by atoms with Crippen molar-refractivity contribution in [3.63, 3.8) is 0 Å². The summed E-state index contributed by atoms with van der Waals surface area (Å²) in [7, 11) is 0. The number of furan rings is 1. The van der Waals surface area contributed by atoms with Gasteiger partial charge >= 0.3 is 0 Å². The normalized spacial score (nSPS) is 23.9. The van der Waals surface area contributed by atoms with Crippen molar-refractivity contribution >= 4 is 35.0 Å². The first-order valence-electron chi connectivity index (χ1n) is 6.13. The number of hydrogen-bond acceptors (Lipinski definition) is 2. The summed E-state index contributed by atoms with van der Waals surface area (Å²) in [5.41, 5.74) is 2.28. The van der Waals surface area contributed by atoms with E-state index in [4.69, 9.17) is 16.0 Å². The molecule has 0 spiro atoms. The zero-order chi connectivity index (χ0) is 11.8. The van der Waals surface area contributed by atoms with Crippen LogP contribution in [0.25, 0.3) is 11.0 Å². The predicted molar refractivity (Wildman–Crippen MR) is 77.9 cm³/mol. The lowest BCUT2D eigenvalue weighted by Crippen LogP contribution is -2.33. The second-order valence-electron chi connectivity index (χ2n) is 4.91. The Balaban J connectivity index is 0.00000120. The number of benzene rings is 1. The van der Waals surface area contributed by atoms with E-state index >= 15 is 0 Å². The highest BCUT2D eigenvalue weighted by molar-refractivity contribution is 6.31. The van der Waals surface area contributed by atoms with E-state index in [2.05, 4.69) is 18.3 Å². The van der Waals surface area contributed by atoms with Gasteiger partial charge in [-0.25, -0.2) is 0 Å². The van der Waals surface area contributed by atoms with Crippen LogP contribution in [0.1, 0.15) is 24.8 Å². The van der Waals surface area contributed by atoms with Crippen molar-refractivity contribution in [2.24, 2.45) is 5.92 Å². The summed E-state index contributed by atoms with van der Waals surface area (Å²) in [5.74, 6) is 1.17. The van der Waals surface area contributed by atoms with Gasteiger partial charge in [-0.05, 0) is 49.5 Å². The van der Waals surface area contributed by atoms with Gasteiger partial charge in [0.2, 0.25) is 0 Å². The third-order valence-electron chi connectivity index (χ3n) is 3.73. The van der Waals surface area contributed by atoms with Gasteiger partial charge in [0.05, 0.1) is 6.26 Å². The predicted octanol–water partition coefficient (Wildman–Crippen LogP) is 4.22. The zero-order valence-electron chi connectivity index (χ0n) is 10.3. The number of piperidine rings is 1. The van der Waals surface area contributed by atoms with Crippen LogP contribution in [0, 0.1) is 5.92 Å². The molecular formula is C14H17Cl2NO. The molecule has 2 nitrogen and oxygen atoms in total. The van der Waals surface area contributed by atoms with Crippen LogP contribution in [-0.2, 0) is 0 Å². The van der Waals surface area contributed by atoms with Crippen molar-refractivity contribution in [2.75, 3.05) is 13.1 Å². The molecule has 0 aliphatic carbocycles. The summed E-state index contributed by atoms with van der Waals surface area (Å²) in [5, 5.41) is 5.34. The molecule has 1 aliphatic rings. The zero-order valence-corrected chi connectivity index (χ0v) is 11.9. The first kappa shape index (κ1) is 13.7. The van der Waals surface area contributed by atoms with Crippen molar-refractivity contribution in [2.45, 2.75) is 19.3 Å². The van der Waals surface area contributed by atoms with E-state index < -0.39 is 0 Å². The van der Waals surface area contributed by atoms with Crippen LogP contribution >= 0.6 is 24.0 Å². The average molecular weight is 286 g/mol. The van der Waals surface area contributed by atoms with Crippen LogP contribution in [0.2, 0.25) is 5.02 Å². The summed E-state index contributed by atoms with van der Waals surface area (Å²) in [4.78, 5) is 0. The Morgan fingerprint density at radius 3 is 3.00 bits per heavy atom. The van der Waals surface area contributed by atoms with E-state index in [0.717, 1.165) is 35.5 Å². The highest BCUT2D eigenvalue weighted by atomic mass is 35.5. The molecule has 0 radical (unpaired) electrons. The van der Waals surface area contributed by atoms with Crippen LogP contribution in [0.15, 0.2) is 28.9 Å². The van der Waals surface area contributed by atoms with E-state index in [-0.39, 0.29) is 12.4 Å². The first-order valence-corrected chi connectivity index (χ1v) is 6.51. The third kappa shape index (κ3) is 2.37. The quantitative estimate of drug-likeness (QED) is 0.849. The Morgan fingerprint density at radius 2 is 2.22 bits per heavy atom. The fourth-order valence-corrected chi connectivity index (χ4v) is 3.06. The molecule has 1 aromatic carbocycles. The second-order valence-corrected chi connectivity index (χ2v) is 5.35. The molecule has 0 saturated carbocycles. The molecule has 1 saturated heterocycles. The van der Waals surface area contributed by atoms with Crippen LogP contribution < -0.4 is 5.32 Å². The van der Waals surface area contributed by atoms with E-state index in [1.807, 2.05) is 12.1 Å². The van der Waals surface area contributed by atoms with Crippen molar-refractivity contribution in [1.29, 1.82) is 0 Å². The number of nitrogens with one attached hydrogen (secondary N) is 1. The lowest BCUT2D eigenvalue weighted by Gasteiger charge is -2.30. The molecule has 1 aromatic heterocycles. The van der Waals surface area contributed by atoms with Crippen molar-refractivity contribution in [3.05, 3.63) is 35.0 Å². The summed E-state index contributed by atoms with van der Waals surface area (Å²) in [6.45, 7) is 4.43. The summed E-state index contributed by atoms with van der Waals surface area (Å²) in [6, 6.07) is 6.02. The molecule has 4 heteroatoms. The maximum Gasteiger partial charge on any atom is 0.137 e. The largest absolute Gasteiger partial charge is 0.464 e. The minimum atomic E-state index is 0. The average Bonchev–Trinajstić information content (AvgIpc) is 2.76. The van der Waals surface area contributed by atoms with E-state index in [9.17, 15) is 0 Å². The van der Waals surface area contributed by atoms with Gasteiger partial charge in [0, 0.05) is 16.0 Å². The molecular weight excluding hydrogens is 269 g/mol. The summed E-state index contributed by atoms with van der Waals surface area (Å²) >= 11 is 6.19. The minimum absolute atomic E-state index is 0. The molecule has 0 amide bonds. The van der Waals surface area contributed by atoms with Crippen molar-refractivity contribution in [3.8, 4) is 0 Å². The summed E-state index contributed by atoms with van der Waals surface area (Å²) < 4.78 is 5.63.